The van der Waals surface area contributed by atoms with Gasteiger partial charge in [-0.3, -0.25) is 0 Å². The van der Waals surface area contributed by atoms with E-state index in [0.717, 1.165) is 0 Å². The number of fused-ring (bicyclic) bond motifs is 1. The second kappa shape index (κ2) is 1.66. The van der Waals surface area contributed by atoms with Gasteiger partial charge in [0.25, 0.3) is 5.95 Å². The standard InChI is InChI=1S/C3H2N6O/c10-3-7-8-6-2-5-4-1-9(2)3/h1H2. The predicted octanol–water partition coefficient (Wildman–Crippen LogP) is -0.912. The van der Waals surface area contributed by atoms with Crippen molar-refractivity contribution in [2.24, 2.45) is 10.2 Å². The lowest BCUT2D eigenvalue weighted by atomic mass is 10.9. The molecule has 0 N–H and O–H groups in total. The first-order valence-corrected chi connectivity index (χ1v) is 2.55. The molecule has 0 bridgehead atoms. The normalized spacial score (nSPS) is 13.6. The first kappa shape index (κ1) is 5.15. The summed E-state index contributed by atoms with van der Waals surface area (Å²) in [6.45, 7) is 0.205. The van der Waals surface area contributed by atoms with Crippen molar-refractivity contribution in [2.75, 3.05) is 0 Å². The van der Waals surface area contributed by atoms with E-state index in [4.69, 9.17) is 0 Å². The van der Waals surface area contributed by atoms with Gasteiger partial charge in [-0.25, -0.2) is 9.36 Å². The second-order valence-corrected chi connectivity index (χ2v) is 1.68. The van der Waals surface area contributed by atoms with Crippen molar-refractivity contribution in [3.05, 3.63) is 10.5 Å². The highest BCUT2D eigenvalue weighted by molar-refractivity contribution is 5.11. The van der Waals surface area contributed by atoms with E-state index < -0.39 is 5.69 Å². The summed E-state index contributed by atoms with van der Waals surface area (Å²) in [5, 5.41) is 16.9. The zero-order valence-electron chi connectivity index (χ0n) is 4.80. The van der Waals surface area contributed by atoms with Crippen LogP contribution in [0.2, 0.25) is 0 Å². The van der Waals surface area contributed by atoms with Crippen LogP contribution in [0.5, 0.6) is 0 Å². The average Bonchev–Trinajstić information content (AvgIpc) is 2.36. The molecule has 0 unspecified atom stereocenters. The van der Waals surface area contributed by atoms with Crippen LogP contribution in [0.15, 0.2) is 15.0 Å². The largest absolute Gasteiger partial charge is 0.372 e. The zero-order valence-corrected chi connectivity index (χ0v) is 4.80. The third kappa shape index (κ3) is 0.537. The van der Waals surface area contributed by atoms with Gasteiger partial charge in [-0.2, -0.15) is 5.11 Å². The Kier molecular flexibility index (Phi) is 0.854. The summed E-state index contributed by atoms with van der Waals surface area (Å²) in [4.78, 5) is 10.7. The predicted molar refractivity (Wildman–Crippen MR) is 28.6 cm³/mol. The first-order chi connectivity index (χ1) is 4.88. The van der Waals surface area contributed by atoms with E-state index in [1.54, 1.807) is 0 Å². The molecule has 0 radical (unpaired) electrons. The molecule has 0 aromatic carbocycles. The Morgan fingerprint density at radius 1 is 1.40 bits per heavy atom. The fraction of sp³-hybridized carbons (Fsp3) is 0.333. The van der Waals surface area contributed by atoms with Gasteiger partial charge in [-0.1, -0.05) is 10.2 Å². The molecule has 50 valence electrons. The lowest BCUT2D eigenvalue weighted by molar-refractivity contribution is 0.653. The van der Waals surface area contributed by atoms with Crippen molar-refractivity contribution in [1.82, 2.24) is 20.0 Å². The molecule has 1 aliphatic heterocycles. The third-order valence-electron chi connectivity index (χ3n) is 1.10. The average molecular weight is 138 g/mol. The van der Waals surface area contributed by atoms with E-state index in [9.17, 15) is 4.79 Å². The van der Waals surface area contributed by atoms with Crippen molar-refractivity contribution in [2.45, 2.75) is 6.67 Å². The maximum absolute atomic E-state index is 10.7. The molecule has 2 heterocycles. The molecular formula is C3H2N6O. The zero-order chi connectivity index (χ0) is 6.97. The Hall–Kier alpha value is -1.66. The van der Waals surface area contributed by atoms with Crippen LogP contribution in [-0.4, -0.2) is 20.0 Å². The van der Waals surface area contributed by atoms with Crippen molar-refractivity contribution >= 4 is 5.95 Å². The summed E-state index contributed by atoms with van der Waals surface area (Å²) in [5.41, 5.74) is -0.463. The lowest BCUT2D eigenvalue weighted by Gasteiger charge is -1.90. The second-order valence-electron chi connectivity index (χ2n) is 1.68. The van der Waals surface area contributed by atoms with E-state index in [2.05, 4.69) is 25.6 Å². The summed E-state index contributed by atoms with van der Waals surface area (Å²) < 4.78 is 1.23. The van der Waals surface area contributed by atoms with Gasteiger partial charge >= 0.3 is 5.69 Å². The van der Waals surface area contributed by atoms with Crippen LogP contribution in [0.25, 0.3) is 0 Å². The smallest absolute Gasteiger partial charge is 0.244 e. The van der Waals surface area contributed by atoms with Crippen LogP contribution >= 0.6 is 0 Å². The molecule has 1 aromatic rings. The van der Waals surface area contributed by atoms with Crippen molar-refractivity contribution in [1.29, 1.82) is 0 Å². The molecule has 0 saturated carbocycles. The molecule has 0 aliphatic carbocycles. The number of nitrogens with zero attached hydrogens (tertiary/aromatic N) is 6. The molecule has 10 heavy (non-hydrogen) atoms. The molecule has 0 spiro atoms. The van der Waals surface area contributed by atoms with E-state index in [0.29, 0.717) is 0 Å². The lowest BCUT2D eigenvalue weighted by Crippen LogP contribution is -2.22. The molecule has 0 atom stereocenters. The molecule has 0 fully saturated rings. The van der Waals surface area contributed by atoms with Gasteiger partial charge in [0.2, 0.25) is 0 Å². The number of hydrogen-bond donors (Lipinski definition) is 0. The first-order valence-electron chi connectivity index (χ1n) is 2.55. The number of azo groups is 1. The third-order valence-corrected chi connectivity index (χ3v) is 1.10. The molecule has 7 heteroatoms. The van der Waals surface area contributed by atoms with Gasteiger partial charge < -0.3 is 0 Å². The van der Waals surface area contributed by atoms with Crippen molar-refractivity contribution < 1.29 is 0 Å². The van der Waals surface area contributed by atoms with Gasteiger partial charge in [0.15, 0.2) is 0 Å². The van der Waals surface area contributed by atoms with Crippen LogP contribution in [0, 0.1) is 0 Å². The summed E-state index contributed by atoms with van der Waals surface area (Å²) in [5.74, 6) is 0.222. The summed E-state index contributed by atoms with van der Waals surface area (Å²) in [6, 6.07) is 0. The number of hydrogen-bond acceptors (Lipinski definition) is 6. The molecular weight excluding hydrogens is 136 g/mol. The fourth-order valence-corrected chi connectivity index (χ4v) is 0.650. The topological polar surface area (TPSA) is 85.4 Å². The maximum atomic E-state index is 10.7. The van der Waals surface area contributed by atoms with Gasteiger partial charge in [-0.05, 0) is 5.21 Å². The fourth-order valence-electron chi connectivity index (χ4n) is 0.650. The molecule has 2 rings (SSSR count). The van der Waals surface area contributed by atoms with Gasteiger partial charge in [-0.15, -0.1) is 5.11 Å². The number of rotatable bonds is 0. The van der Waals surface area contributed by atoms with Crippen LogP contribution in [0.1, 0.15) is 0 Å². The van der Waals surface area contributed by atoms with E-state index in [-0.39, 0.29) is 12.6 Å². The molecule has 0 amide bonds. The SMILES string of the molecule is O=c1nnnc2n1CN=N2. The Labute approximate surface area is 54.4 Å². The molecule has 7 nitrogen and oxygen atoms in total. The monoisotopic (exact) mass is 138 g/mol. The van der Waals surface area contributed by atoms with E-state index in [1.807, 2.05) is 0 Å². The molecule has 0 saturated heterocycles. The van der Waals surface area contributed by atoms with Crippen LogP contribution in [-0.2, 0) is 6.67 Å². The summed E-state index contributed by atoms with van der Waals surface area (Å²) in [6.07, 6.45) is 0. The van der Waals surface area contributed by atoms with Gasteiger partial charge in [0.05, 0.1) is 0 Å². The molecule has 1 aliphatic rings. The van der Waals surface area contributed by atoms with Crippen molar-refractivity contribution in [3.8, 4) is 0 Å². The summed E-state index contributed by atoms with van der Waals surface area (Å²) >= 11 is 0. The van der Waals surface area contributed by atoms with Crippen LogP contribution < -0.4 is 5.69 Å². The number of aromatic nitrogens is 4. The quantitative estimate of drug-likeness (QED) is 0.464. The maximum Gasteiger partial charge on any atom is 0.372 e. The van der Waals surface area contributed by atoms with Crippen LogP contribution in [0.4, 0.5) is 5.95 Å². The van der Waals surface area contributed by atoms with E-state index in [1.165, 1.54) is 4.57 Å². The van der Waals surface area contributed by atoms with E-state index >= 15 is 0 Å². The van der Waals surface area contributed by atoms with Crippen molar-refractivity contribution in [3.63, 3.8) is 0 Å². The highest BCUT2D eigenvalue weighted by Gasteiger charge is 2.09. The highest BCUT2D eigenvalue weighted by Crippen LogP contribution is 2.09. The van der Waals surface area contributed by atoms with Gasteiger partial charge in [0.1, 0.15) is 6.67 Å². The molecule has 1 aromatic heterocycles. The van der Waals surface area contributed by atoms with Gasteiger partial charge in [0, 0.05) is 0 Å². The van der Waals surface area contributed by atoms with Crippen LogP contribution in [0.3, 0.4) is 0 Å². The minimum atomic E-state index is -0.463. The minimum absolute atomic E-state index is 0.205. The Morgan fingerprint density at radius 2 is 2.30 bits per heavy atom. The Bertz CT molecular complexity index is 339. The summed E-state index contributed by atoms with van der Waals surface area (Å²) in [7, 11) is 0. The Balaban J connectivity index is 2.77. The Morgan fingerprint density at radius 3 is 3.10 bits per heavy atom. The highest BCUT2D eigenvalue weighted by atomic mass is 16.1. The minimum Gasteiger partial charge on any atom is -0.244 e.